The van der Waals surface area contributed by atoms with E-state index in [1.165, 1.54) is 16.2 Å². The Hall–Kier alpha value is -5.24. The number of piperazine rings is 1. The molecule has 13 heteroatoms. The number of methoxy groups -OCH3 is 2. The van der Waals surface area contributed by atoms with Gasteiger partial charge in [0.1, 0.15) is 16.6 Å². The van der Waals surface area contributed by atoms with Crippen LogP contribution in [0.3, 0.4) is 0 Å². The van der Waals surface area contributed by atoms with E-state index in [0.29, 0.717) is 46.8 Å². The van der Waals surface area contributed by atoms with Crippen molar-refractivity contribution in [3.8, 4) is 33.6 Å². The minimum atomic E-state index is -0.586. The molecule has 0 radical (unpaired) electrons. The fourth-order valence-corrected chi connectivity index (χ4v) is 7.12. The fraction of sp³-hybridized carbons (Fsp3) is 0.350. The van der Waals surface area contributed by atoms with E-state index in [-0.39, 0.29) is 12.5 Å². The molecule has 0 aliphatic carbocycles. The first-order valence-corrected chi connectivity index (χ1v) is 18.6. The van der Waals surface area contributed by atoms with Crippen molar-refractivity contribution >= 4 is 34.9 Å². The van der Waals surface area contributed by atoms with Crippen LogP contribution in [0.4, 0.5) is 22.2 Å². The molecule has 0 spiro atoms. The lowest BCUT2D eigenvalue weighted by molar-refractivity contribution is 0.145. The molecule has 278 valence electrons. The van der Waals surface area contributed by atoms with Crippen LogP contribution in [0.5, 0.6) is 23.0 Å². The highest BCUT2D eigenvalue weighted by Gasteiger charge is 2.24. The third kappa shape index (κ3) is 9.60. The van der Waals surface area contributed by atoms with Crippen LogP contribution in [0.2, 0.25) is 0 Å². The minimum absolute atomic E-state index is 0.130. The Balaban J connectivity index is 1.23. The predicted molar refractivity (Wildman–Crippen MR) is 209 cm³/mol. The second kappa shape index (κ2) is 17.5. The lowest BCUT2D eigenvalue weighted by atomic mass is 10.1. The van der Waals surface area contributed by atoms with Gasteiger partial charge in [-0.2, -0.15) is 4.98 Å². The summed E-state index contributed by atoms with van der Waals surface area (Å²) in [5.41, 5.74) is 5.16. The standard InChI is InChI=1S/C40H47N7O5S/c1-27-21-28(2)36(29(3)22-27)52-40(48)47(25-32-26-53-38(42-32)30-11-8-7-9-12-30)35-13-14-41-39(44-35)43-31-23-33(49-5)37(50-6)34(24-31)51-20-10-15-46-18-16-45(4)17-19-46/h7-9,11-14,21-24,26H,10,15-20,25H2,1-6H3,(H,41,43,44). The summed E-state index contributed by atoms with van der Waals surface area (Å²) >= 11 is 1.52. The van der Waals surface area contributed by atoms with E-state index in [0.717, 1.165) is 66.4 Å². The number of thiazole rings is 1. The molecule has 0 bridgehead atoms. The first-order valence-electron chi connectivity index (χ1n) is 17.7. The third-order valence-electron chi connectivity index (χ3n) is 9.00. The molecule has 1 fully saturated rings. The second-order valence-corrected chi connectivity index (χ2v) is 14.0. The molecule has 3 heterocycles. The lowest BCUT2D eigenvalue weighted by Crippen LogP contribution is -2.44. The lowest BCUT2D eigenvalue weighted by Gasteiger charge is -2.32. The second-order valence-electron chi connectivity index (χ2n) is 13.1. The molecule has 1 saturated heterocycles. The highest BCUT2D eigenvalue weighted by molar-refractivity contribution is 7.13. The van der Waals surface area contributed by atoms with Crippen molar-refractivity contribution in [2.24, 2.45) is 0 Å². The Morgan fingerprint density at radius 3 is 2.36 bits per heavy atom. The van der Waals surface area contributed by atoms with Gasteiger partial charge in [-0.1, -0.05) is 48.0 Å². The zero-order chi connectivity index (χ0) is 37.3. The number of hydrogen-bond acceptors (Lipinski definition) is 12. The molecule has 1 amide bonds. The Morgan fingerprint density at radius 1 is 0.906 bits per heavy atom. The smallest absolute Gasteiger partial charge is 0.421 e. The quantitative estimate of drug-likeness (QED) is 0.114. The molecule has 1 N–H and O–H groups in total. The van der Waals surface area contributed by atoms with Crippen LogP contribution < -0.4 is 29.2 Å². The van der Waals surface area contributed by atoms with Gasteiger partial charge in [0.2, 0.25) is 11.7 Å². The topological polar surface area (TPSA) is 114 Å². The largest absolute Gasteiger partial charge is 0.493 e. The van der Waals surface area contributed by atoms with Gasteiger partial charge in [-0.05, 0) is 51.4 Å². The van der Waals surface area contributed by atoms with Crippen molar-refractivity contribution in [2.45, 2.75) is 33.7 Å². The molecule has 53 heavy (non-hydrogen) atoms. The van der Waals surface area contributed by atoms with E-state index in [2.05, 4.69) is 27.1 Å². The van der Waals surface area contributed by atoms with Crippen molar-refractivity contribution in [1.29, 1.82) is 0 Å². The van der Waals surface area contributed by atoms with Gasteiger partial charge in [0.15, 0.2) is 11.5 Å². The number of nitrogens with one attached hydrogen (secondary N) is 1. The van der Waals surface area contributed by atoms with Crippen molar-refractivity contribution in [3.63, 3.8) is 0 Å². The number of benzene rings is 3. The molecule has 0 unspecified atom stereocenters. The molecule has 1 aliphatic rings. The van der Waals surface area contributed by atoms with Crippen molar-refractivity contribution < 1.29 is 23.7 Å². The molecule has 1 aliphatic heterocycles. The number of amides is 1. The van der Waals surface area contributed by atoms with Crippen LogP contribution in [-0.2, 0) is 6.54 Å². The van der Waals surface area contributed by atoms with E-state index in [9.17, 15) is 4.79 Å². The Bertz CT molecular complexity index is 1980. The predicted octanol–water partition coefficient (Wildman–Crippen LogP) is 7.51. The number of aromatic nitrogens is 3. The molecule has 0 saturated carbocycles. The van der Waals surface area contributed by atoms with Crippen LogP contribution in [0.25, 0.3) is 10.6 Å². The summed E-state index contributed by atoms with van der Waals surface area (Å²) in [6.45, 7) is 11.8. The first kappa shape index (κ1) is 37.5. The van der Waals surface area contributed by atoms with Gasteiger partial charge in [-0.25, -0.2) is 14.8 Å². The van der Waals surface area contributed by atoms with Crippen LogP contribution in [0.15, 0.2) is 72.2 Å². The number of carbonyl (C=O) groups excluding carboxylic acids is 1. The van der Waals surface area contributed by atoms with E-state index in [1.807, 2.05) is 74.7 Å². The number of rotatable bonds is 14. The maximum atomic E-state index is 14.0. The number of anilines is 3. The van der Waals surface area contributed by atoms with E-state index >= 15 is 0 Å². The van der Waals surface area contributed by atoms with E-state index in [1.54, 1.807) is 32.5 Å². The van der Waals surface area contributed by atoms with Gasteiger partial charge in [0.05, 0.1) is 33.1 Å². The van der Waals surface area contributed by atoms with E-state index < -0.39 is 6.09 Å². The average Bonchev–Trinajstić information content (AvgIpc) is 3.63. The summed E-state index contributed by atoms with van der Waals surface area (Å²) < 4.78 is 23.6. The zero-order valence-corrected chi connectivity index (χ0v) is 32.0. The number of likely N-dealkylation sites (N-methyl/N-ethyl adjacent to an activating group) is 1. The van der Waals surface area contributed by atoms with Gasteiger partial charge in [-0.3, -0.25) is 4.90 Å². The van der Waals surface area contributed by atoms with Crippen LogP contribution in [0.1, 0.15) is 28.8 Å². The summed E-state index contributed by atoms with van der Waals surface area (Å²) in [7, 11) is 5.33. The molecular weight excluding hydrogens is 691 g/mol. The molecule has 6 rings (SSSR count). The van der Waals surface area contributed by atoms with E-state index in [4.69, 9.17) is 28.9 Å². The summed E-state index contributed by atoms with van der Waals surface area (Å²) in [6.07, 6.45) is 1.88. The molecule has 5 aromatic rings. The Morgan fingerprint density at radius 2 is 1.64 bits per heavy atom. The maximum absolute atomic E-state index is 14.0. The first-order chi connectivity index (χ1) is 25.7. The van der Waals surface area contributed by atoms with Gasteiger partial charge < -0.3 is 34.1 Å². The van der Waals surface area contributed by atoms with Crippen LogP contribution in [-0.4, -0.2) is 91.4 Å². The average molecular weight is 738 g/mol. The molecule has 0 atom stereocenters. The van der Waals surface area contributed by atoms with Crippen LogP contribution in [0, 0.1) is 20.8 Å². The van der Waals surface area contributed by atoms with Gasteiger partial charge in [0, 0.05) is 67.7 Å². The monoisotopic (exact) mass is 737 g/mol. The van der Waals surface area contributed by atoms with Gasteiger partial charge in [0.25, 0.3) is 0 Å². The zero-order valence-electron chi connectivity index (χ0n) is 31.2. The van der Waals surface area contributed by atoms with Crippen molar-refractivity contribution in [2.75, 3.05) is 70.8 Å². The SMILES string of the molecule is COc1cc(Nc2nccc(N(Cc3csc(-c4ccccc4)n3)C(=O)Oc3c(C)cc(C)cc3C)n2)cc(OCCCN2CCN(C)CC2)c1OC. The summed E-state index contributed by atoms with van der Waals surface area (Å²) in [6, 6.07) is 19.2. The number of nitrogens with zero attached hydrogens (tertiary/aromatic N) is 6. The number of aryl methyl sites for hydroxylation is 3. The maximum Gasteiger partial charge on any atom is 0.421 e. The highest BCUT2D eigenvalue weighted by Crippen LogP contribution is 2.41. The summed E-state index contributed by atoms with van der Waals surface area (Å²) in [4.78, 5) is 34.4. The molecule has 12 nitrogen and oxygen atoms in total. The normalized spacial score (nSPS) is 13.4. The number of carbonyl (C=O) groups is 1. The van der Waals surface area contributed by atoms with Crippen LogP contribution >= 0.6 is 11.3 Å². The Kier molecular flexibility index (Phi) is 12.4. The minimum Gasteiger partial charge on any atom is -0.493 e. The fourth-order valence-electron chi connectivity index (χ4n) is 6.30. The highest BCUT2D eigenvalue weighted by atomic mass is 32.1. The third-order valence-corrected chi connectivity index (χ3v) is 9.94. The van der Waals surface area contributed by atoms with Crippen molar-refractivity contribution in [1.82, 2.24) is 24.8 Å². The van der Waals surface area contributed by atoms with Crippen molar-refractivity contribution in [3.05, 3.63) is 94.6 Å². The Labute approximate surface area is 315 Å². The summed E-state index contributed by atoms with van der Waals surface area (Å²) in [5.74, 6) is 2.65. The molecule has 2 aromatic heterocycles. The number of hydrogen-bond donors (Lipinski definition) is 1. The van der Waals surface area contributed by atoms with Gasteiger partial charge >= 0.3 is 6.09 Å². The molecular formula is C40H47N7O5S. The number of ether oxygens (including phenoxy) is 4. The van der Waals surface area contributed by atoms with Gasteiger partial charge in [-0.15, -0.1) is 11.3 Å². The summed E-state index contributed by atoms with van der Waals surface area (Å²) in [5, 5.41) is 6.07. The molecule has 3 aromatic carbocycles.